The van der Waals surface area contributed by atoms with Crippen molar-refractivity contribution in [2.75, 3.05) is 31.7 Å². The summed E-state index contributed by atoms with van der Waals surface area (Å²) in [6, 6.07) is 9.90. The first kappa shape index (κ1) is 14.5. The van der Waals surface area contributed by atoms with E-state index in [0.29, 0.717) is 19.6 Å². The lowest BCUT2D eigenvalue weighted by molar-refractivity contribution is 0.199. The molecule has 1 rings (SSSR count). The number of methoxy groups -OCH3 is 1. The standard InChI is InChI=1S/C14H20N2O2/c1-12(17)13-4-6-14(7-5-13)16(9-3-8-15)10-11-18-2/h4-7,12,17H,3,9-11H2,1-2H3. The molecule has 0 aromatic heterocycles. The lowest BCUT2D eigenvalue weighted by atomic mass is 10.1. The number of nitrogens with zero attached hydrogens (tertiary/aromatic N) is 2. The Balaban J connectivity index is 2.74. The summed E-state index contributed by atoms with van der Waals surface area (Å²) in [5, 5.41) is 18.1. The number of ether oxygens (including phenoxy) is 1. The molecule has 4 heteroatoms. The molecule has 1 aromatic carbocycles. The highest BCUT2D eigenvalue weighted by Gasteiger charge is 2.07. The summed E-state index contributed by atoms with van der Waals surface area (Å²) in [5.41, 5.74) is 1.94. The van der Waals surface area contributed by atoms with E-state index < -0.39 is 6.10 Å². The van der Waals surface area contributed by atoms with Gasteiger partial charge in [0.2, 0.25) is 0 Å². The Morgan fingerprint density at radius 3 is 2.50 bits per heavy atom. The molecule has 0 heterocycles. The third-order valence-corrected chi connectivity index (χ3v) is 2.80. The fraction of sp³-hybridized carbons (Fsp3) is 0.500. The molecule has 1 unspecified atom stereocenters. The van der Waals surface area contributed by atoms with Crippen LogP contribution in [0.1, 0.15) is 25.0 Å². The summed E-state index contributed by atoms with van der Waals surface area (Å²) in [7, 11) is 1.67. The predicted octanol–water partition coefficient (Wildman–Crippen LogP) is 2.11. The highest BCUT2D eigenvalue weighted by atomic mass is 16.5. The smallest absolute Gasteiger partial charge is 0.0761 e. The number of hydrogen-bond acceptors (Lipinski definition) is 4. The molecule has 0 aliphatic rings. The number of benzene rings is 1. The summed E-state index contributed by atoms with van der Waals surface area (Å²) in [6.07, 6.45) is 0.0348. The summed E-state index contributed by atoms with van der Waals surface area (Å²) >= 11 is 0. The number of nitriles is 1. The maximum Gasteiger partial charge on any atom is 0.0761 e. The molecule has 0 amide bonds. The molecule has 0 spiro atoms. The zero-order valence-electron chi connectivity index (χ0n) is 11.0. The van der Waals surface area contributed by atoms with E-state index in [1.165, 1.54) is 0 Å². The topological polar surface area (TPSA) is 56.5 Å². The minimum absolute atomic E-state index is 0.453. The van der Waals surface area contributed by atoms with Gasteiger partial charge in [0.25, 0.3) is 0 Å². The zero-order chi connectivity index (χ0) is 13.4. The van der Waals surface area contributed by atoms with Crippen LogP contribution in [0.15, 0.2) is 24.3 Å². The van der Waals surface area contributed by atoms with Crippen molar-refractivity contribution in [3.05, 3.63) is 29.8 Å². The fourth-order valence-corrected chi connectivity index (χ4v) is 1.72. The van der Waals surface area contributed by atoms with Crippen LogP contribution < -0.4 is 4.90 Å². The SMILES string of the molecule is COCCN(CCC#N)c1ccc(C(C)O)cc1. The number of rotatable bonds is 7. The second-order valence-corrected chi connectivity index (χ2v) is 4.16. The van der Waals surface area contributed by atoms with E-state index in [-0.39, 0.29) is 0 Å². The molecule has 1 N–H and O–H groups in total. The van der Waals surface area contributed by atoms with Crippen molar-refractivity contribution in [1.29, 1.82) is 5.26 Å². The van der Waals surface area contributed by atoms with Crippen molar-refractivity contribution in [3.8, 4) is 6.07 Å². The highest BCUT2D eigenvalue weighted by molar-refractivity contribution is 5.48. The third kappa shape index (κ3) is 4.36. The zero-order valence-corrected chi connectivity index (χ0v) is 11.0. The van der Waals surface area contributed by atoms with Gasteiger partial charge in [-0.3, -0.25) is 0 Å². The summed E-state index contributed by atoms with van der Waals surface area (Å²) in [6.45, 7) is 3.82. The van der Waals surface area contributed by atoms with Crippen LogP contribution in [0.4, 0.5) is 5.69 Å². The van der Waals surface area contributed by atoms with Gasteiger partial charge in [0, 0.05) is 25.9 Å². The van der Waals surface area contributed by atoms with Crippen molar-refractivity contribution in [1.82, 2.24) is 0 Å². The Hall–Kier alpha value is -1.57. The highest BCUT2D eigenvalue weighted by Crippen LogP contribution is 2.19. The van der Waals surface area contributed by atoms with Crippen LogP contribution >= 0.6 is 0 Å². The molecule has 0 fully saturated rings. The second kappa shape index (κ2) is 7.70. The van der Waals surface area contributed by atoms with Gasteiger partial charge in [-0.05, 0) is 24.6 Å². The first-order valence-corrected chi connectivity index (χ1v) is 6.08. The van der Waals surface area contributed by atoms with Crippen LogP contribution in [0.25, 0.3) is 0 Å². The molecule has 4 nitrogen and oxygen atoms in total. The van der Waals surface area contributed by atoms with Gasteiger partial charge in [-0.2, -0.15) is 5.26 Å². The predicted molar refractivity (Wildman–Crippen MR) is 71.4 cm³/mol. The van der Waals surface area contributed by atoms with Gasteiger partial charge in [0.05, 0.1) is 25.2 Å². The number of aliphatic hydroxyl groups excluding tert-OH is 1. The molecule has 0 radical (unpaired) electrons. The van der Waals surface area contributed by atoms with Crippen molar-refractivity contribution in [3.63, 3.8) is 0 Å². The van der Waals surface area contributed by atoms with E-state index in [1.807, 2.05) is 24.3 Å². The third-order valence-electron chi connectivity index (χ3n) is 2.80. The van der Waals surface area contributed by atoms with Crippen LogP contribution in [0, 0.1) is 11.3 Å². The van der Waals surface area contributed by atoms with E-state index in [0.717, 1.165) is 17.8 Å². The normalized spacial score (nSPS) is 11.9. The largest absolute Gasteiger partial charge is 0.389 e. The van der Waals surface area contributed by atoms with Crippen molar-refractivity contribution < 1.29 is 9.84 Å². The monoisotopic (exact) mass is 248 g/mol. The molecule has 0 saturated heterocycles. The van der Waals surface area contributed by atoms with Crippen LogP contribution in [0.2, 0.25) is 0 Å². The molecule has 0 aliphatic heterocycles. The van der Waals surface area contributed by atoms with Crippen molar-refractivity contribution in [2.24, 2.45) is 0 Å². The quantitative estimate of drug-likeness (QED) is 0.803. The van der Waals surface area contributed by atoms with Gasteiger partial charge in [-0.15, -0.1) is 0 Å². The van der Waals surface area contributed by atoms with Crippen molar-refractivity contribution >= 4 is 5.69 Å². The maximum absolute atomic E-state index is 9.46. The fourth-order valence-electron chi connectivity index (χ4n) is 1.72. The summed E-state index contributed by atoms with van der Waals surface area (Å²) < 4.78 is 5.07. The maximum atomic E-state index is 9.46. The molecular formula is C14H20N2O2. The Labute approximate surface area is 108 Å². The minimum Gasteiger partial charge on any atom is -0.389 e. The van der Waals surface area contributed by atoms with E-state index in [1.54, 1.807) is 14.0 Å². The van der Waals surface area contributed by atoms with Gasteiger partial charge in [0.1, 0.15) is 0 Å². The molecule has 98 valence electrons. The number of aliphatic hydroxyl groups is 1. The Morgan fingerprint density at radius 2 is 2.00 bits per heavy atom. The van der Waals surface area contributed by atoms with Gasteiger partial charge in [-0.25, -0.2) is 0 Å². The molecular weight excluding hydrogens is 228 g/mol. The van der Waals surface area contributed by atoms with E-state index in [4.69, 9.17) is 10.00 Å². The minimum atomic E-state index is -0.453. The Morgan fingerprint density at radius 1 is 1.33 bits per heavy atom. The number of hydrogen-bond donors (Lipinski definition) is 1. The van der Waals surface area contributed by atoms with Crippen LogP contribution in [0.3, 0.4) is 0 Å². The number of anilines is 1. The first-order valence-electron chi connectivity index (χ1n) is 6.08. The van der Waals surface area contributed by atoms with Crippen LogP contribution in [-0.2, 0) is 4.74 Å². The molecule has 0 saturated carbocycles. The lowest BCUT2D eigenvalue weighted by Gasteiger charge is -2.23. The first-order chi connectivity index (χ1) is 8.69. The Kier molecular flexibility index (Phi) is 6.20. The molecule has 0 bridgehead atoms. The van der Waals surface area contributed by atoms with Gasteiger partial charge in [0.15, 0.2) is 0 Å². The van der Waals surface area contributed by atoms with Gasteiger partial charge >= 0.3 is 0 Å². The summed E-state index contributed by atoms with van der Waals surface area (Å²) in [4.78, 5) is 2.11. The Bertz CT molecular complexity index is 382. The van der Waals surface area contributed by atoms with Crippen molar-refractivity contribution in [2.45, 2.75) is 19.4 Å². The average Bonchev–Trinajstić information content (AvgIpc) is 2.39. The molecule has 1 atom stereocenters. The van der Waals surface area contributed by atoms with Crippen LogP contribution in [0.5, 0.6) is 0 Å². The van der Waals surface area contributed by atoms with Gasteiger partial charge in [-0.1, -0.05) is 12.1 Å². The van der Waals surface area contributed by atoms with E-state index in [9.17, 15) is 5.11 Å². The second-order valence-electron chi connectivity index (χ2n) is 4.16. The summed E-state index contributed by atoms with van der Waals surface area (Å²) in [5.74, 6) is 0. The average molecular weight is 248 g/mol. The van der Waals surface area contributed by atoms with E-state index >= 15 is 0 Å². The van der Waals surface area contributed by atoms with Gasteiger partial charge < -0.3 is 14.7 Å². The van der Waals surface area contributed by atoms with E-state index in [2.05, 4.69) is 11.0 Å². The molecule has 1 aromatic rings. The molecule has 0 aliphatic carbocycles. The molecule has 18 heavy (non-hydrogen) atoms. The van der Waals surface area contributed by atoms with Crippen LogP contribution in [-0.4, -0.2) is 31.9 Å². The lowest BCUT2D eigenvalue weighted by Crippen LogP contribution is -2.28.